The van der Waals surface area contributed by atoms with Crippen molar-refractivity contribution in [2.24, 2.45) is 0 Å². The summed E-state index contributed by atoms with van der Waals surface area (Å²) >= 11 is 5.65. The lowest BCUT2D eigenvalue weighted by Gasteiger charge is -2.01. The van der Waals surface area contributed by atoms with Crippen molar-refractivity contribution in [3.63, 3.8) is 0 Å². The Bertz CT molecular complexity index is 696. The first kappa shape index (κ1) is 10.1. The molecule has 0 radical (unpaired) electrons. The SMILES string of the molecule is Fc1cnc(Cl)nc1-c1cnc2cnccn12. The van der Waals surface area contributed by atoms with Crippen LogP contribution in [-0.4, -0.2) is 24.3 Å². The van der Waals surface area contributed by atoms with Gasteiger partial charge in [-0.15, -0.1) is 0 Å². The van der Waals surface area contributed by atoms with Gasteiger partial charge in [-0.1, -0.05) is 0 Å². The van der Waals surface area contributed by atoms with Crippen molar-refractivity contribution in [3.05, 3.63) is 42.1 Å². The molecule has 0 aliphatic carbocycles. The highest BCUT2D eigenvalue weighted by molar-refractivity contribution is 6.28. The van der Waals surface area contributed by atoms with Crippen LogP contribution in [0.3, 0.4) is 0 Å². The highest BCUT2D eigenvalue weighted by Crippen LogP contribution is 2.21. The van der Waals surface area contributed by atoms with Crippen LogP contribution < -0.4 is 0 Å². The molecule has 3 rings (SSSR count). The van der Waals surface area contributed by atoms with Crippen molar-refractivity contribution in [1.29, 1.82) is 0 Å². The molecule has 0 aliphatic rings. The van der Waals surface area contributed by atoms with Gasteiger partial charge in [0.05, 0.1) is 24.3 Å². The zero-order valence-electron chi connectivity index (χ0n) is 8.38. The molecule has 17 heavy (non-hydrogen) atoms. The molecule has 84 valence electrons. The Morgan fingerprint density at radius 2 is 2.06 bits per heavy atom. The largest absolute Gasteiger partial charge is 0.295 e. The average Bonchev–Trinajstić information content (AvgIpc) is 2.76. The van der Waals surface area contributed by atoms with E-state index in [9.17, 15) is 4.39 Å². The molecule has 0 amide bonds. The molecule has 0 N–H and O–H groups in total. The maximum atomic E-state index is 13.6. The van der Waals surface area contributed by atoms with E-state index in [2.05, 4.69) is 19.9 Å². The molecular formula is C10H5ClFN5. The molecule has 0 aliphatic heterocycles. The lowest BCUT2D eigenvalue weighted by atomic mass is 10.3. The van der Waals surface area contributed by atoms with Crippen LogP contribution in [0.4, 0.5) is 4.39 Å². The predicted molar refractivity (Wildman–Crippen MR) is 59.0 cm³/mol. The smallest absolute Gasteiger partial charge is 0.223 e. The molecular weight excluding hydrogens is 245 g/mol. The van der Waals surface area contributed by atoms with E-state index in [0.29, 0.717) is 11.3 Å². The normalized spacial score (nSPS) is 10.9. The van der Waals surface area contributed by atoms with Crippen LogP contribution in [0.1, 0.15) is 0 Å². The number of imidazole rings is 1. The zero-order valence-corrected chi connectivity index (χ0v) is 9.13. The van der Waals surface area contributed by atoms with E-state index < -0.39 is 5.82 Å². The molecule has 0 spiro atoms. The van der Waals surface area contributed by atoms with Crippen LogP contribution in [0.25, 0.3) is 17.0 Å². The summed E-state index contributed by atoms with van der Waals surface area (Å²) in [5.74, 6) is -0.548. The van der Waals surface area contributed by atoms with E-state index in [1.165, 1.54) is 6.20 Å². The maximum absolute atomic E-state index is 13.6. The van der Waals surface area contributed by atoms with Crippen molar-refractivity contribution in [3.8, 4) is 11.4 Å². The maximum Gasteiger partial charge on any atom is 0.223 e. The number of rotatable bonds is 1. The number of hydrogen-bond acceptors (Lipinski definition) is 4. The van der Waals surface area contributed by atoms with Gasteiger partial charge in [0, 0.05) is 12.4 Å². The number of nitrogens with zero attached hydrogens (tertiary/aromatic N) is 5. The van der Waals surface area contributed by atoms with Crippen molar-refractivity contribution >= 4 is 17.2 Å². The van der Waals surface area contributed by atoms with E-state index in [4.69, 9.17) is 11.6 Å². The van der Waals surface area contributed by atoms with E-state index in [1.54, 1.807) is 23.0 Å². The summed E-state index contributed by atoms with van der Waals surface area (Å²) in [5, 5.41) is -0.00888. The third-order valence-corrected chi connectivity index (χ3v) is 2.46. The fourth-order valence-corrected chi connectivity index (χ4v) is 1.68. The number of aromatic nitrogens is 5. The van der Waals surface area contributed by atoms with Gasteiger partial charge in [-0.2, -0.15) is 0 Å². The van der Waals surface area contributed by atoms with Crippen molar-refractivity contribution in [2.75, 3.05) is 0 Å². The van der Waals surface area contributed by atoms with Crippen molar-refractivity contribution in [1.82, 2.24) is 24.3 Å². The third-order valence-electron chi connectivity index (χ3n) is 2.27. The molecule has 0 saturated carbocycles. The van der Waals surface area contributed by atoms with Gasteiger partial charge in [-0.25, -0.2) is 19.3 Å². The van der Waals surface area contributed by atoms with Crippen molar-refractivity contribution < 1.29 is 4.39 Å². The van der Waals surface area contributed by atoms with E-state index in [1.807, 2.05) is 0 Å². The van der Waals surface area contributed by atoms with Crippen LogP contribution in [-0.2, 0) is 0 Å². The summed E-state index contributed by atoms with van der Waals surface area (Å²) in [5.41, 5.74) is 1.23. The second-order valence-corrected chi connectivity index (χ2v) is 3.62. The zero-order chi connectivity index (χ0) is 11.8. The summed E-state index contributed by atoms with van der Waals surface area (Å²) in [6.07, 6.45) is 7.38. The first-order valence-corrected chi connectivity index (χ1v) is 5.09. The molecule has 0 atom stereocenters. The first-order valence-electron chi connectivity index (χ1n) is 4.71. The third kappa shape index (κ3) is 1.62. The van der Waals surface area contributed by atoms with Gasteiger partial charge in [0.15, 0.2) is 11.5 Å². The number of halogens is 2. The fraction of sp³-hybridized carbons (Fsp3) is 0. The Hall–Kier alpha value is -2.08. The Morgan fingerprint density at radius 3 is 2.94 bits per heavy atom. The summed E-state index contributed by atoms with van der Waals surface area (Å²) < 4.78 is 15.3. The molecule has 0 unspecified atom stereocenters. The molecule has 0 aromatic carbocycles. The van der Waals surface area contributed by atoms with Gasteiger partial charge in [0.2, 0.25) is 5.28 Å². The number of fused-ring (bicyclic) bond motifs is 1. The average molecular weight is 250 g/mol. The van der Waals surface area contributed by atoms with Gasteiger partial charge in [-0.05, 0) is 11.6 Å². The Morgan fingerprint density at radius 1 is 1.18 bits per heavy atom. The lowest BCUT2D eigenvalue weighted by Crippen LogP contribution is -1.96. The van der Waals surface area contributed by atoms with Crippen LogP contribution in [0, 0.1) is 5.82 Å². The highest BCUT2D eigenvalue weighted by Gasteiger charge is 2.13. The van der Waals surface area contributed by atoms with Crippen LogP contribution in [0.5, 0.6) is 0 Å². The molecule has 0 bridgehead atoms. The van der Waals surface area contributed by atoms with Crippen LogP contribution in [0.15, 0.2) is 31.0 Å². The van der Waals surface area contributed by atoms with E-state index >= 15 is 0 Å². The molecule has 3 heterocycles. The van der Waals surface area contributed by atoms with E-state index in [0.717, 1.165) is 6.20 Å². The molecule has 3 aromatic heterocycles. The van der Waals surface area contributed by atoms with Gasteiger partial charge in [0.25, 0.3) is 0 Å². The standard InChI is InChI=1S/C10H5ClFN5/c11-10-15-3-6(12)9(16-10)7-4-14-8-5-13-1-2-17(7)8/h1-5H. The van der Waals surface area contributed by atoms with Gasteiger partial charge < -0.3 is 0 Å². The molecule has 5 nitrogen and oxygen atoms in total. The summed E-state index contributed by atoms with van der Waals surface area (Å²) in [6, 6.07) is 0. The molecule has 3 aromatic rings. The Balaban J connectivity index is 2.31. The molecule has 0 saturated heterocycles. The second-order valence-electron chi connectivity index (χ2n) is 3.28. The monoisotopic (exact) mass is 249 g/mol. The number of hydrogen-bond donors (Lipinski definition) is 0. The Labute approximate surface area is 100.0 Å². The quantitative estimate of drug-likeness (QED) is 0.619. The van der Waals surface area contributed by atoms with Crippen molar-refractivity contribution in [2.45, 2.75) is 0 Å². The summed E-state index contributed by atoms with van der Waals surface area (Å²) in [7, 11) is 0. The highest BCUT2D eigenvalue weighted by atomic mass is 35.5. The first-order chi connectivity index (χ1) is 8.25. The summed E-state index contributed by atoms with van der Waals surface area (Å²) in [6.45, 7) is 0. The topological polar surface area (TPSA) is 56.0 Å². The molecule has 7 heteroatoms. The lowest BCUT2D eigenvalue weighted by molar-refractivity contribution is 0.617. The van der Waals surface area contributed by atoms with E-state index in [-0.39, 0.29) is 11.0 Å². The van der Waals surface area contributed by atoms with Gasteiger partial charge in [-0.3, -0.25) is 9.38 Å². The fourth-order valence-electron chi connectivity index (χ4n) is 1.54. The van der Waals surface area contributed by atoms with Crippen LogP contribution in [0.2, 0.25) is 5.28 Å². The van der Waals surface area contributed by atoms with Gasteiger partial charge in [0.1, 0.15) is 5.69 Å². The minimum atomic E-state index is -0.548. The second kappa shape index (κ2) is 3.74. The predicted octanol–water partition coefficient (Wildman–Crippen LogP) is 1.98. The van der Waals surface area contributed by atoms with Gasteiger partial charge >= 0.3 is 0 Å². The molecule has 0 fully saturated rings. The minimum Gasteiger partial charge on any atom is -0.295 e. The Kier molecular flexibility index (Phi) is 2.22. The van der Waals surface area contributed by atoms with Crippen LogP contribution >= 0.6 is 11.6 Å². The summed E-state index contributed by atoms with van der Waals surface area (Å²) in [4.78, 5) is 15.5. The minimum absolute atomic E-state index is 0.00888.